The molecule has 0 unspecified atom stereocenters. The number of hydrogen-bond donors (Lipinski definition) is 2. The van der Waals surface area contributed by atoms with Gasteiger partial charge in [0, 0.05) is 18.5 Å². The molecule has 0 aliphatic heterocycles. The van der Waals surface area contributed by atoms with E-state index in [4.69, 9.17) is 5.14 Å². The Labute approximate surface area is 142 Å². The summed E-state index contributed by atoms with van der Waals surface area (Å²) in [7, 11) is -3.78. The molecule has 3 N–H and O–H groups in total. The summed E-state index contributed by atoms with van der Waals surface area (Å²) in [4.78, 5) is 11.7. The van der Waals surface area contributed by atoms with Crippen LogP contribution in [0.5, 0.6) is 0 Å². The molecule has 5 nitrogen and oxygen atoms in total. The zero-order valence-corrected chi connectivity index (χ0v) is 14.5. The molecule has 2 aromatic carbocycles. The minimum absolute atomic E-state index is 0.0421. The molecule has 0 heterocycles. The average Bonchev–Trinajstić information content (AvgIpc) is 2.58. The highest BCUT2D eigenvalue weighted by Gasteiger charge is 2.14. The number of nitrogens with one attached hydrogen (secondary N) is 1. The fraction of sp³-hybridized carbons (Fsp3) is 0.278. The Bertz CT molecular complexity index is 799. The zero-order valence-electron chi connectivity index (χ0n) is 13.7. The van der Waals surface area contributed by atoms with Crippen molar-refractivity contribution in [3.05, 3.63) is 54.1 Å². The fourth-order valence-electron chi connectivity index (χ4n) is 2.38. The Hall–Kier alpha value is -2.18. The summed E-state index contributed by atoms with van der Waals surface area (Å²) in [5.74, 6) is 0.0421. The van der Waals surface area contributed by atoms with Crippen LogP contribution >= 0.6 is 0 Å². The summed E-state index contributed by atoms with van der Waals surface area (Å²) in [5.41, 5.74) is 2.29. The molecular formula is C18H22N2O3S. The normalized spacial score (nSPS) is 11.2. The molecule has 0 atom stereocenters. The van der Waals surface area contributed by atoms with E-state index >= 15 is 0 Å². The molecule has 0 aliphatic rings. The number of sulfonamides is 1. The van der Waals surface area contributed by atoms with E-state index in [0.717, 1.165) is 24.0 Å². The van der Waals surface area contributed by atoms with Crippen LogP contribution in [0.1, 0.15) is 31.7 Å². The predicted molar refractivity (Wildman–Crippen MR) is 94.6 cm³/mol. The summed E-state index contributed by atoms with van der Waals surface area (Å²) in [5, 5.41) is 8.14. The molecule has 0 saturated heterocycles. The zero-order chi connectivity index (χ0) is 17.6. The number of carbonyl (C=O) groups excluding carboxylic acids is 1. The molecule has 0 aromatic heterocycles. The van der Waals surface area contributed by atoms with E-state index in [1.807, 2.05) is 31.2 Å². The van der Waals surface area contributed by atoms with Gasteiger partial charge in [0.15, 0.2) is 0 Å². The van der Waals surface area contributed by atoms with Gasteiger partial charge in [-0.25, -0.2) is 13.6 Å². The number of unbranched alkanes of at least 4 members (excludes halogenated alkanes) is 1. The molecule has 2 aromatic rings. The third-order valence-corrected chi connectivity index (χ3v) is 4.67. The second kappa shape index (κ2) is 8.08. The van der Waals surface area contributed by atoms with Gasteiger partial charge < -0.3 is 5.32 Å². The van der Waals surface area contributed by atoms with E-state index < -0.39 is 10.0 Å². The molecule has 0 spiro atoms. The van der Waals surface area contributed by atoms with Crippen LogP contribution in [0.25, 0.3) is 11.1 Å². The van der Waals surface area contributed by atoms with Crippen LogP contribution in [-0.4, -0.2) is 14.3 Å². The van der Waals surface area contributed by atoms with Crippen molar-refractivity contribution in [3.63, 3.8) is 0 Å². The summed E-state index contributed by atoms with van der Waals surface area (Å²) in [6.07, 6.45) is 2.41. The van der Waals surface area contributed by atoms with Gasteiger partial charge in [0.25, 0.3) is 0 Å². The molecule has 0 saturated carbocycles. The highest BCUT2D eigenvalue weighted by Crippen LogP contribution is 2.26. The van der Waals surface area contributed by atoms with E-state index in [0.29, 0.717) is 18.5 Å². The summed E-state index contributed by atoms with van der Waals surface area (Å²) < 4.78 is 23.4. The quantitative estimate of drug-likeness (QED) is 0.808. The lowest BCUT2D eigenvalue weighted by Gasteiger charge is -2.09. The van der Waals surface area contributed by atoms with Gasteiger partial charge >= 0.3 is 0 Å². The molecule has 0 aliphatic carbocycles. The summed E-state index contributed by atoms with van der Waals surface area (Å²) in [6.45, 7) is 2.51. The molecule has 24 heavy (non-hydrogen) atoms. The van der Waals surface area contributed by atoms with Crippen molar-refractivity contribution >= 4 is 15.9 Å². The van der Waals surface area contributed by atoms with Crippen molar-refractivity contribution in [1.82, 2.24) is 5.32 Å². The lowest BCUT2D eigenvalue weighted by atomic mass is 10.0. The SMILES string of the molecule is CCCCC(=O)NCc1ccc(-c2ccccc2S(N)(=O)=O)cc1. The summed E-state index contributed by atoms with van der Waals surface area (Å²) in [6, 6.07) is 14.0. The molecule has 0 radical (unpaired) electrons. The van der Waals surface area contributed by atoms with Crippen molar-refractivity contribution in [2.45, 2.75) is 37.6 Å². The Morgan fingerprint density at radius 1 is 1.08 bits per heavy atom. The first-order chi connectivity index (χ1) is 11.4. The number of hydrogen-bond acceptors (Lipinski definition) is 3. The van der Waals surface area contributed by atoms with Gasteiger partial charge in [0.2, 0.25) is 15.9 Å². The number of amides is 1. The van der Waals surface area contributed by atoms with Crippen molar-refractivity contribution < 1.29 is 13.2 Å². The van der Waals surface area contributed by atoms with Gasteiger partial charge in [-0.3, -0.25) is 4.79 Å². The maximum absolute atomic E-state index is 11.7. The largest absolute Gasteiger partial charge is 0.352 e. The standard InChI is InChI=1S/C18H22N2O3S/c1-2-3-8-18(21)20-13-14-9-11-15(12-10-14)16-6-4-5-7-17(16)24(19,22)23/h4-7,9-12H,2-3,8,13H2,1H3,(H,20,21)(H2,19,22,23). The maximum Gasteiger partial charge on any atom is 0.238 e. The fourth-order valence-corrected chi connectivity index (χ4v) is 3.14. The van der Waals surface area contributed by atoms with Crippen molar-refractivity contribution in [2.24, 2.45) is 5.14 Å². The number of benzene rings is 2. The third kappa shape index (κ3) is 4.91. The third-order valence-electron chi connectivity index (χ3n) is 3.71. The summed E-state index contributed by atoms with van der Waals surface area (Å²) >= 11 is 0. The molecule has 0 bridgehead atoms. The Kier molecular flexibility index (Phi) is 6.11. The van der Waals surface area contributed by atoms with Gasteiger partial charge in [-0.05, 0) is 23.6 Å². The predicted octanol–water partition coefficient (Wildman–Crippen LogP) is 2.81. The van der Waals surface area contributed by atoms with Crippen LogP contribution < -0.4 is 10.5 Å². The van der Waals surface area contributed by atoms with Crippen LogP contribution in [0.15, 0.2) is 53.4 Å². The lowest BCUT2D eigenvalue weighted by molar-refractivity contribution is -0.121. The first-order valence-electron chi connectivity index (χ1n) is 7.89. The van der Waals surface area contributed by atoms with E-state index in [2.05, 4.69) is 5.32 Å². The van der Waals surface area contributed by atoms with Gasteiger partial charge in [-0.1, -0.05) is 55.8 Å². The van der Waals surface area contributed by atoms with E-state index in [9.17, 15) is 13.2 Å². The highest BCUT2D eigenvalue weighted by molar-refractivity contribution is 7.89. The Morgan fingerprint density at radius 2 is 1.75 bits per heavy atom. The molecule has 6 heteroatoms. The first-order valence-corrected chi connectivity index (χ1v) is 9.44. The van der Waals surface area contributed by atoms with Crippen LogP contribution in [0.2, 0.25) is 0 Å². The van der Waals surface area contributed by atoms with Gasteiger partial charge in [-0.15, -0.1) is 0 Å². The number of carbonyl (C=O) groups is 1. The Morgan fingerprint density at radius 3 is 2.38 bits per heavy atom. The Balaban J connectivity index is 2.12. The number of primary sulfonamides is 1. The molecule has 128 valence electrons. The van der Waals surface area contributed by atoms with Crippen LogP contribution in [-0.2, 0) is 21.4 Å². The second-order valence-electron chi connectivity index (χ2n) is 5.62. The number of nitrogens with two attached hydrogens (primary N) is 1. The van der Waals surface area contributed by atoms with Gasteiger partial charge in [0.05, 0.1) is 4.90 Å². The molecule has 0 fully saturated rings. The lowest BCUT2D eigenvalue weighted by Crippen LogP contribution is -2.22. The minimum Gasteiger partial charge on any atom is -0.352 e. The van der Waals surface area contributed by atoms with Gasteiger partial charge in [-0.2, -0.15) is 0 Å². The van der Waals surface area contributed by atoms with Crippen molar-refractivity contribution in [2.75, 3.05) is 0 Å². The average molecular weight is 346 g/mol. The minimum atomic E-state index is -3.78. The van der Waals surface area contributed by atoms with Gasteiger partial charge in [0.1, 0.15) is 0 Å². The topological polar surface area (TPSA) is 89.3 Å². The number of rotatable bonds is 7. The van der Waals surface area contributed by atoms with Crippen molar-refractivity contribution in [1.29, 1.82) is 0 Å². The smallest absolute Gasteiger partial charge is 0.238 e. The van der Waals surface area contributed by atoms with Crippen LogP contribution in [0, 0.1) is 0 Å². The van der Waals surface area contributed by atoms with Crippen molar-refractivity contribution in [3.8, 4) is 11.1 Å². The van der Waals surface area contributed by atoms with E-state index in [1.54, 1.807) is 18.2 Å². The first kappa shape index (κ1) is 18.2. The molecule has 1 amide bonds. The second-order valence-corrected chi connectivity index (χ2v) is 7.15. The van der Waals surface area contributed by atoms with Crippen LogP contribution in [0.3, 0.4) is 0 Å². The maximum atomic E-state index is 11.7. The molecule has 2 rings (SSSR count). The van der Waals surface area contributed by atoms with Crippen LogP contribution in [0.4, 0.5) is 0 Å². The monoisotopic (exact) mass is 346 g/mol. The van der Waals surface area contributed by atoms with E-state index in [1.165, 1.54) is 6.07 Å². The van der Waals surface area contributed by atoms with E-state index in [-0.39, 0.29) is 10.8 Å². The molecular weight excluding hydrogens is 324 g/mol. The highest BCUT2D eigenvalue weighted by atomic mass is 32.2.